The summed E-state index contributed by atoms with van der Waals surface area (Å²) >= 11 is 0. The van der Waals surface area contributed by atoms with Gasteiger partial charge in [-0.3, -0.25) is 4.79 Å². The average molecular weight is 207 g/mol. The van der Waals surface area contributed by atoms with Crippen molar-refractivity contribution in [1.82, 2.24) is 5.32 Å². The van der Waals surface area contributed by atoms with Crippen molar-refractivity contribution in [3.63, 3.8) is 0 Å². The van der Waals surface area contributed by atoms with Gasteiger partial charge in [0.15, 0.2) is 6.10 Å². The van der Waals surface area contributed by atoms with E-state index in [9.17, 15) is 4.79 Å². The molecule has 1 atom stereocenters. The van der Waals surface area contributed by atoms with Crippen LogP contribution in [-0.4, -0.2) is 19.1 Å². The molecule has 1 rings (SSSR count). The van der Waals surface area contributed by atoms with Crippen LogP contribution in [0.5, 0.6) is 5.75 Å². The molecule has 82 valence electrons. The van der Waals surface area contributed by atoms with Crippen molar-refractivity contribution >= 4 is 5.91 Å². The Morgan fingerprint density at radius 1 is 1.47 bits per heavy atom. The van der Waals surface area contributed by atoms with Crippen molar-refractivity contribution < 1.29 is 9.53 Å². The van der Waals surface area contributed by atoms with Crippen molar-refractivity contribution in [3.8, 4) is 5.75 Å². The van der Waals surface area contributed by atoms with Gasteiger partial charge in [0.1, 0.15) is 5.75 Å². The summed E-state index contributed by atoms with van der Waals surface area (Å²) in [6, 6.07) is 7.77. The lowest BCUT2D eigenvalue weighted by atomic mass is 10.1. The summed E-state index contributed by atoms with van der Waals surface area (Å²) in [7, 11) is 1.61. The highest BCUT2D eigenvalue weighted by molar-refractivity contribution is 5.80. The van der Waals surface area contributed by atoms with Gasteiger partial charge < -0.3 is 10.1 Å². The number of aryl methyl sites for hydroxylation is 1. The average Bonchev–Trinajstić information content (AvgIpc) is 2.28. The quantitative estimate of drug-likeness (QED) is 0.817. The van der Waals surface area contributed by atoms with Crippen LogP contribution in [0.2, 0.25) is 0 Å². The molecule has 0 spiro atoms. The van der Waals surface area contributed by atoms with Crippen molar-refractivity contribution in [2.45, 2.75) is 26.4 Å². The van der Waals surface area contributed by atoms with Crippen LogP contribution in [0.1, 0.15) is 19.4 Å². The van der Waals surface area contributed by atoms with Crippen molar-refractivity contribution in [2.24, 2.45) is 0 Å². The molecule has 0 aliphatic heterocycles. The van der Waals surface area contributed by atoms with E-state index in [0.717, 1.165) is 17.7 Å². The topological polar surface area (TPSA) is 38.3 Å². The number of ether oxygens (including phenoxy) is 1. The molecule has 3 heteroatoms. The van der Waals surface area contributed by atoms with Crippen LogP contribution in [0.25, 0.3) is 0 Å². The first kappa shape index (κ1) is 11.6. The van der Waals surface area contributed by atoms with Gasteiger partial charge in [-0.2, -0.15) is 0 Å². The van der Waals surface area contributed by atoms with E-state index in [0.29, 0.717) is 0 Å². The highest BCUT2D eigenvalue weighted by Gasteiger charge is 2.13. The first-order valence-corrected chi connectivity index (χ1v) is 5.15. The molecular weight excluding hydrogens is 190 g/mol. The van der Waals surface area contributed by atoms with Gasteiger partial charge in [-0.1, -0.05) is 25.1 Å². The standard InChI is InChI=1S/C12H17NO2/c1-4-10-7-5-6-8-11(10)15-9(2)12(14)13-3/h5-9H,4H2,1-3H3,(H,13,14)/t9-/m1/s1. The summed E-state index contributed by atoms with van der Waals surface area (Å²) in [6.07, 6.45) is 0.444. The Labute approximate surface area is 90.4 Å². The predicted molar refractivity (Wildman–Crippen MR) is 60.0 cm³/mol. The SMILES string of the molecule is CCc1ccccc1O[C@H](C)C(=O)NC. The molecule has 15 heavy (non-hydrogen) atoms. The number of amides is 1. The highest BCUT2D eigenvalue weighted by atomic mass is 16.5. The summed E-state index contributed by atoms with van der Waals surface area (Å²) in [6.45, 7) is 3.80. The minimum atomic E-state index is -0.456. The van der Waals surface area contributed by atoms with Gasteiger partial charge in [-0.15, -0.1) is 0 Å². The lowest BCUT2D eigenvalue weighted by Gasteiger charge is -2.15. The van der Waals surface area contributed by atoms with Crippen molar-refractivity contribution in [1.29, 1.82) is 0 Å². The highest BCUT2D eigenvalue weighted by Crippen LogP contribution is 2.19. The van der Waals surface area contributed by atoms with Crippen LogP contribution in [0, 0.1) is 0 Å². The smallest absolute Gasteiger partial charge is 0.260 e. The molecule has 0 aromatic heterocycles. The lowest BCUT2D eigenvalue weighted by Crippen LogP contribution is -2.33. The van der Waals surface area contributed by atoms with Crippen LogP contribution < -0.4 is 10.1 Å². The maximum absolute atomic E-state index is 11.3. The molecule has 1 N–H and O–H groups in total. The Bertz CT molecular complexity index is 336. The predicted octanol–water partition coefficient (Wildman–Crippen LogP) is 1.76. The molecule has 0 heterocycles. The third-order valence-corrected chi connectivity index (χ3v) is 2.27. The Morgan fingerprint density at radius 3 is 2.73 bits per heavy atom. The van der Waals surface area contributed by atoms with E-state index in [1.807, 2.05) is 24.3 Å². The third kappa shape index (κ3) is 2.98. The molecule has 0 saturated heterocycles. The van der Waals surface area contributed by atoms with Crippen LogP contribution in [0.4, 0.5) is 0 Å². The summed E-state index contributed by atoms with van der Waals surface area (Å²) in [5.74, 6) is 0.678. The van der Waals surface area contributed by atoms with E-state index < -0.39 is 6.10 Å². The van der Waals surface area contributed by atoms with E-state index in [1.165, 1.54) is 0 Å². The Hall–Kier alpha value is -1.51. The fourth-order valence-corrected chi connectivity index (χ4v) is 1.36. The second kappa shape index (κ2) is 5.39. The number of carbonyl (C=O) groups excluding carboxylic acids is 1. The number of para-hydroxylation sites is 1. The number of carbonyl (C=O) groups is 1. The van der Waals surface area contributed by atoms with E-state index >= 15 is 0 Å². The van der Waals surface area contributed by atoms with Gasteiger partial charge in [-0.05, 0) is 25.0 Å². The zero-order valence-corrected chi connectivity index (χ0v) is 9.41. The maximum Gasteiger partial charge on any atom is 0.260 e. The van der Waals surface area contributed by atoms with E-state index in [4.69, 9.17) is 4.74 Å². The monoisotopic (exact) mass is 207 g/mol. The Balaban J connectivity index is 2.75. The molecule has 0 bridgehead atoms. The summed E-state index contributed by atoms with van der Waals surface area (Å²) < 4.78 is 5.58. The van der Waals surface area contributed by atoms with Gasteiger partial charge in [-0.25, -0.2) is 0 Å². The van der Waals surface area contributed by atoms with E-state index in [2.05, 4.69) is 12.2 Å². The van der Waals surface area contributed by atoms with E-state index in [1.54, 1.807) is 14.0 Å². The minimum Gasteiger partial charge on any atom is -0.481 e. The number of likely N-dealkylation sites (N-methyl/N-ethyl adjacent to an activating group) is 1. The van der Waals surface area contributed by atoms with Crippen LogP contribution in [0.15, 0.2) is 24.3 Å². The fraction of sp³-hybridized carbons (Fsp3) is 0.417. The lowest BCUT2D eigenvalue weighted by molar-refractivity contribution is -0.126. The van der Waals surface area contributed by atoms with Crippen LogP contribution in [-0.2, 0) is 11.2 Å². The van der Waals surface area contributed by atoms with Gasteiger partial charge >= 0.3 is 0 Å². The second-order valence-corrected chi connectivity index (χ2v) is 3.34. The molecule has 0 fully saturated rings. The van der Waals surface area contributed by atoms with Crippen molar-refractivity contribution in [2.75, 3.05) is 7.05 Å². The van der Waals surface area contributed by atoms with Crippen molar-refractivity contribution in [3.05, 3.63) is 29.8 Å². The van der Waals surface area contributed by atoms with Gasteiger partial charge in [0.2, 0.25) is 0 Å². The zero-order chi connectivity index (χ0) is 11.3. The first-order valence-electron chi connectivity index (χ1n) is 5.15. The van der Waals surface area contributed by atoms with Gasteiger partial charge in [0, 0.05) is 7.05 Å². The summed E-state index contributed by atoms with van der Waals surface area (Å²) in [5.41, 5.74) is 1.12. The second-order valence-electron chi connectivity index (χ2n) is 3.34. The largest absolute Gasteiger partial charge is 0.481 e. The number of nitrogens with one attached hydrogen (secondary N) is 1. The minimum absolute atomic E-state index is 0.110. The van der Waals surface area contributed by atoms with Crippen LogP contribution >= 0.6 is 0 Å². The number of hydrogen-bond acceptors (Lipinski definition) is 2. The summed E-state index contributed by atoms with van der Waals surface area (Å²) in [5, 5.41) is 2.56. The number of rotatable bonds is 4. The summed E-state index contributed by atoms with van der Waals surface area (Å²) in [4.78, 5) is 11.3. The Morgan fingerprint density at radius 2 is 2.13 bits per heavy atom. The molecule has 1 aromatic carbocycles. The molecule has 0 unspecified atom stereocenters. The number of benzene rings is 1. The van der Waals surface area contributed by atoms with E-state index in [-0.39, 0.29) is 5.91 Å². The molecule has 1 amide bonds. The molecule has 1 aromatic rings. The molecule has 0 radical (unpaired) electrons. The maximum atomic E-state index is 11.3. The normalized spacial score (nSPS) is 11.9. The van der Waals surface area contributed by atoms with Crippen LogP contribution in [0.3, 0.4) is 0 Å². The van der Waals surface area contributed by atoms with Gasteiger partial charge in [0.05, 0.1) is 0 Å². The Kier molecular flexibility index (Phi) is 4.16. The third-order valence-electron chi connectivity index (χ3n) is 2.27. The molecule has 0 saturated carbocycles. The molecule has 3 nitrogen and oxygen atoms in total. The number of hydrogen-bond donors (Lipinski definition) is 1. The molecule has 0 aliphatic rings. The van der Waals surface area contributed by atoms with Gasteiger partial charge in [0.25, 0.3) is 5.91 Å². The zero-order valence-electron chi connectivity index (χ0n) is 9.41. The first-order chi connectivity index (χ1) is 7.19. The molecule has 0 aliphatic carbocycles. The fourth-order valence-electron chi connectivity index (χ4n) is 1.36. The molecular formula is C12H17NO2.